The summed E-state index contributed by atoms with van der Waals surface area (Å²) in [5.74, 6) is 1.34. The van der Waals surface area contributed by atoms with Gasteiger partial charge in [-0.25, -0.2) is 4.98 Å². The minimum atomic E-state index is 0.582. The SMILES string of the molecule is SCNc1cnccn1. The average Bonchev–Trinajstić information content (AvgIpc) is 1.91. The second-order valence-corrected chi connectivity index (χ2v) is 1.74. The first-order valence-corrected chi connectivity index (χ1v) is 3.17. The molecule has 0 aliphatic heterocycles. The molecule has 0 unspecified atom stereocenters. The normalized spacial score (nSPS) is 9.00. The van der Waals surface area contributed by atoms with Gasteiger partial charge >= 0.3 is 0 Å². The van der Waals surface area contributed by atoms with E-state index in [4.69, 9.17) is 0 Å². The Morgan fingerprint density at radius 2 is 2.44 bits per heavy atom. The van der Waals surface area contributed by atoms with Crippen molar-refractivity contribution in [1.82, 2.24) is 9.97 Å². The van der Waals surface area contributed by atoms with Crippen LogP contribution in [0.1, 0.15) is 0 Å². The van der Waals surface area contributed by atoms with Gasteiger partial charge in [-0.15, -0.1) is 0 Å². The summed E-state index contributed by atoms with van der Waals surface area (Å²) < 4.78 is 0. The van der Waals surface area contributed by atoms with E-state index in [-0.39, 0.29) is 0 Å². The van der Waals surface area contributed by atoms with Crippen LogP contribution in [0.15, 0.2) is 18.6 Å². The molecule has 0 saturated carbocycles. The second kappa shape index (κ2) is 3.29. The third-order valence-electron chi connectivity index (χ3n) is 0.823. The van der Waals surface area contributed by atoms with E-state index in [1.807, 2.05) is 0 Å². The number of aromatic nitrogens is 2. The molecule has 1 aromatic rings. The molecule has 0 aromatic carbocycles. The van der Waals surface area contributed by atoms with Gasteiger partial charge in [0.05, 0.1) is 12.1 Å². The molecule has 48 valence electrons. The van der Waals surface area contributed by atoms with E-state index in [9.17, 15) is 0 Å². The Labute approximate surface area is 58.9 Å². The average molecular weight is 141 g/mol. The van der Waals surface area contributed by atoms with E-state index < -0.39 is 0 Å². The summed E-state index contributed by atoms with van der Waals surface area (Å²) in [5.41, 5.74) is 0. The highest BCUT2D eigenvalue weighted by atomic mass is 32.1. The Morgan fingerprint density at radius 1 is 1.56 bits per heavy atom. The first kappa shape index (κ1) is 6.35. The van der Waals surface area contributed by atoms with Gasteiger partial charge in [0.2, 0.25) is 0 Å². The molecule has 3 nitrogen and oxygen atoms in total. The Kier molecular flexibility index (Phi) is 2.32. The molecule has 0 radical (unpaired) electrons. The van der Waals surface area contributed by atoms with Crippen LogP contribution in [-0.2, 0) is 0 Å². The fourth-order valence-electron chi connectivity index (χ4n) is 0.471. The summed E-state index contributed by atoms with van der Waals surface area (Å²) in [7, 11) is 0. The number of hydrogen-bond donors (Lipinski definition) is 2. The fourth-order valence-corrected chi connectivity index (χ4v) is 0.633. The zero-order valence-corrected chi connectivity index (χ0v) is 5.68. The van der Waals surface area contributed by atoms with Gasteiger partial charge in [-0.1, -0.05) is 0 Å². The van der Waals surface area contributed by atoms with Crippen LogP contribution >= 0.6 is 12.6 Å². The quantitative estimate of drug-likeness (QED) is 0.472. The van der Waals surface area contributed by atoms with Gasteiger partial charge in [0.25, 0.3) is 0 Å². The summed E-state index contributed by atoms with van der Waals surface area (Å²) in [4.78, 5) is 7.79. The predicted octanol–water partition coefficient (Wildman–Crippen LogP) is 0.776. The highest BCUT2D eigenvalue weighted by Crippen LogP contribution is 1.95. The highest BCUT2D eigenvalue weighted by Gasteiger charge is 1.84. The molecule has 0 bridgehead atoms. The molecule has 9 heavy (non-hydrogen) atoms. The van der Waals surface area contributed by atoms with Crippen molar-refractivity contribution in [2.75, 3.05) is 11.2 Å². The van der Waals surface area contributed by atoms with E-state index in [2.05, 4.69) is 27.9 Å². The third-order valence-corrected chi connectivity index (χ3v) is 0.981. The molecule has 0 amide bonds. The molecule has 0 atom stereocenters. The van der Waals surface area contributed by atoms with Crippen molar-refractivity contribution in [2.24, 2.45) is 0 Å². The lowest BCUT2D eigenvalue weighted by molar-refractivity contribution is 1.18. The van der Waals surface area contributed by atoms with Crippen molar-refractivity contribution < 1.29 is 0 Å². The van der Waals surface area contributed by atoms with Crippen molar-refractivity contribution in [3.8, 4) is 0 Å². The lowest BCUT2D eigenvalue weighted by atomic mass is 10.7. The molecule has 1 N–H and O–H groups in total. The second-order valence-electron chi connectivity index (χ2n) is 1.43. The molecule has 4 heteroatoms. The van der Waals surface area contributed by atoms with Crippen molar-refractivity contribution in [3.63, 3.8) is 0 Å². The predicted molar refractivity (Wildman–Crippen MR) is 39.5 cm³/mol. The van der Waals surface area contributed by atoms with E-state index in [1.54, 1.807) is 18.6 Å². The first-order chi connectivity index (χ1) is 4.43. The largest absolute Gasteiger partial charge is 0.360 e. The van der Waals surface area contributed by atoms with Gasteiger partial charge in [0, 0.05) is 12.4 Å². The van der Waals surface area contributed by atoms with Crippen molar-refractivity contribution in [2.45, 2.75) is 0 Å². The molecule has 0 aliphatic carbocycles. The molecule has 0 aliphatic rings. The van der Waals surface area contributed by atoms with Gasteiger partial charge in [0.15, 0.2) is 0 Å². The zero-order valence-electron chi connectivity index (χ0n) is 4.78. The van der Waals surface area contributed by atoms with Gasteiger partial charge in [-0.3, -0.25) is 4.98 Å². The molecule has 0 fully saturated rings. The van der Waals surface area contributed by atoms with Crippen LogP contribution < -0.4 is 5.32 Å². The van der Waals surface area contributed by atoms with Gasteiger partial charge < -0.3 is 5.32 Å². The Balaban J connectivity index is 2.61. The first-order valence-electron chi connectivity index (χ1n) is 2.54. The minimum absolute atomic E-state index is 0.582. The van der Waals surface area contributed by atoms with Crippen molar-refractivity contribution in [3.05, 3.63) is 18.6 Å². The van der Waals surface area contributed by atoms with Crippen LogP contribution in [0.2, 0.25) is 0 Å². The van der Waals surface area contributed by atoms with Crippen LogP contribution in [0.3, 0.4) is 0 Å². The standard InChI is InChI=1S/C5H7N3S/c9-4-8-5-3-6-1-2-7-5/h1-3,9H,4H2,(H,7,8). The summed E-state index contributed by atoms with van der Waals surface area (Å²) in [5, 5.41) is 2.90. The van der Waals surface area contributed by atoms with Gasteiger partial charge in [-0.2, -0.15) is 12.6 Å². The smallest absolute Gasteiger partial charge is 0.145 e. The van der Waals surface area contributed by atoms with Crippen molar-refractivity contribution in [1.29, 1.82) is 0 Å². The molecule has 1 rings (SSSR count). The van der Waals surface area contributed by atoms with Gasteiger partial charge in [-0.05, 0) is 0 Å². The van der Waals surface area contributed by atoms with Crippen LogP contribution in [0.5, 0.6) is 0 Å². The number of thiol groups is 1. The maximum absolute atomic E-state index is 3.95. The van der Waals surface area contributed by atoms with Gasteiger partial charge in [0.1, 0.15) is 5.82 Å². The van der Waals surface area contributed by atoms with Crippen LogP contribution in [-0.4, -0.2) is 15.8 Å². The molecule has 0 saturated heterocycles. The van der Waals surface area contributed by atoms with E-state index in [0.29, 0.717) is 5.88 Å². The Morgan fingerprint density at radius 3 is 3.00 bits per heavy atom. The highest BCUT2D eigenvalue weighted by molar-refractivity contribution is 7.80. The fraction of sp³-hybridized carbons (Fsp3) is 0.200. The summed E-state index contributed by atoms with van der Waals surface area (Å²) in [6, 6.07) is 0. The number of rotatable bonds is 2. The van der Waals surface area contributed by atoms with E-state index in [0.717, 1.165) is 5.82 Å². The Bertz CT molecular complexity index is 165. The van der Waals surface area contributed by atoms with Crippen LogP contribution in [0.25, 0.3) is 0 Å². The number of hydrogen-bond acceptors (Lipinski definition) is 4. The van der Waals surface area contributed by atoms with E-state index in [1.165, 1.54) is 0 Å². The van der Waals surface area contributed by atoms with Crippen molar-refractivity contribution >= 4 is 18.4 Å². The summed E-state index contributed by atoms with van der Waals surface area (Å²) in [6.07, 6.45) is 4.91. The minimum Gasteiger partial charge on any atom is -0.360 e. The summed E-state index contributed by atoms with van der Waals surface area (Å²) >= 11 is 3.95. The van der Waals surface area contributed by atoms with Crippen LogP contribution in [0, 0.1) is 0 Å². The van der Waals surface area contributed by atoms with Crippen LogP contribution in [0.4, 0.5) is 5.82 Å². The molecular formula is C5H7N3S. The lowest BCUT2D eigenvalue weighted by Crippen LogP contribution is -1.96. The summed E-state index contributed by atoms with van der Waals surface area (Å²) in [6.45, 7) is 0. The molecule has 1 heterocycles. The monoisotopic (exact) mass is 141 g/mol. The molecular weight excluding hydrogens is 134 g/mol. The number of nitrogens with one attached hydrogen (secondary N) is 1. The molecule has 0 spiro atoms. The zero-order chi connectivity index (χ0) is 6.53. The Hall–Kier alpha value is -0.770. The maximum atomic E-state index is 3.95. The molecule has 1 aromatic heterocycles. The van der Waals surface area contributed by atoms with E-state index >= 15 is 0 Å². The lowest BCUT2D eigenvalue weighted by Gasteiger charge is -1.96. The number of anilines is 1. The number of nitrogens with zero attached hydrogens (tertiary/aromatic N) is 2. The topological polar surface area (TPSA) is 37.8 Å². The maximum Gasteiger partial charge on any atom is 0.145 e. The third kappa shape index (κ3) is 1.89.